The van der Waals surface area contributed by atoms with Crippen LogP contribution in [0.4, 0.5) is 4.39 Å². The van der Waals surface area contributed by atoms with Crippen molar-refractivity contribution < 1.29 is 13.9 Å². The van der Waals surface area contributed by atoms with Crippen LogP contribution >= 0.6 is 11.6 Å². The molecule has 0 aromatic heterocycles. The normalized spacial score (nSPS) is 15.6. The highest BCUT2D eigenvalue weighted by Gasteiger charge is 2.24. The lowest BCUT2D eigenvalue weighted by Gasteiger charge is -2.32. The minimum absolute atomic E-state index is 0.00374. The van der Waals surface area contributed by atoms with Crippen LogP contribution in [0, 0.1) is 24.1 Å². The van der Waals surface area contributed by atoms with Gasteiger partial charge in [0.25, 0.3) is 0 Å². The van der Waals surface area contributed by atoms with Gasteiger partial charge in [0.2, 0.25) is 5.91 Å². The largest absolute Gasteiger partial charge is 0.369 e. The Morgan fingerprint density at radius 2 is 2.18 bits per heavy atom. The van der Waals surface area contributed by atoms with Crippen molar-refractivity contribution in [2.24, 2.45) is 5.92 Å². The molecule has 0 atom stereocenters. The van der Waals surface area contributed by atoms with E-state index in [-0.39, 0.29) is 17.9 Å². The van der Waals surface area contributed by atoms with E-state index in [1.807, 2.05) is 0 Å². The lowest BCUT2D eigenvalue weighted by Crippen LogP contribution is -2.40. The number of carbonyl (C=O) groups excluding carboxylic acids is 1. The molecule has 1 fully saturated rings. The maximum Gasteiger partial charge on any atom is 0.227 e. The summed E-state index contributed by atoms with van der Waals surface area (Å²) >= 11 is 5.96. The summed E-state index contributed by atoms with van der Waals surface area (Å²) in [6, 6.07) is 4.46. The van der Waals surface area contributed by atoms with Gasteiger partial charge in [-0.05, 0) is 30.9 Å². The maximum atomic E-state index is 13.7. The van der Waals surface area contributed by atoms with Crippen LogP contribution in [0.1, 0.15) is 18.4 Å². The highest BCUT2D eigenvalue weighted by molar-refractivity contribution is 6.31. The third kappa shape index (κ3) is 4.46. The topological polar surface area (TPSA) is 29.5 Å². The Balaban J connectivity index is 1.84. The van der Waals surface area contributed by atoms with Crippen LogP contribution in [0.25, 0.3) is 0 Å². The Morgan fingerprint density at radius 1 is 1.45 bits per heavy atom. The van der Waals surface area contributed by atoms with E-state index in [4.69, 9.17) is 22.8 Å². The fourth-order valence-corrected chi connectivity index (χ4v) is 2.83. The number of ether oxygens (including phenoxy) is 1. The van der Waals surface area contributed by atoms with Gasteiger partial charge in [0.1, 0.15) is 12.4 Å². The van der Waals surface area contributed by atoms with Gasteiger partial charge in [-0.3, -0.25) is 4.79 Å². The van der Waals surface area contributed by atoms with Gasteiger partial charge in [-0.1, -0.05) is 23.6 Å². The SMILES string of the molecule is C#CCOCC1CCN(C(=O)Cc2c(F)cccc2Cl)CC1. The molecule has 1 heterocycles. The number of halogens is 2. The first-order valence-corrected chi connectivity index (χ1v) is 7.71. The minimum atomic E-state index is -0.432. The molecule has 1 saturated heterocycles. The number of terminal acetylenes is 1. The van der Waals surface area contributed by atoms with E-state index < -0.39 is 5.82 Å². The third-order valence-corrected chi connectivity index (χ3v) is 4.25. The monoisotopic (exact) mass is 323 g/mol. The van der Waals surface area contributed by atoms with Crippen LogP contribution in [0.15, 0.2) is 18.2 Å². The quantitative estimate of drug-likeness (QED) is 0.616. The van der Waals surface area contributed by atoms with Gasteiger partial charge < -0.3 is 9.64 Å². The molecular weight excluding hydrogens is 305 g/mol. The van der Waals surface area contributed by atoms with Gasteiger partial charge in [-0.25, -0.2) is 4.39 Å². The fourth-order valence-electron chi connectivity index (χ4n) is 2.60. The summed E-state index contributed by atoms with van der Waals surface area (Å²) < 4.78 is 19.1. The van der Waals surface area contributed by atoms with E-state index in [1.54, 1.807) is 11.0 Å². The molecule has 0 spiro atoms. The predicted molar refractivity (Wildman–Crippen MR) is 84.1 cm³/mol. The molecule has 2 rings (SSSR count). The predicted octanol–water partition coefficient (Wildman–Crippen LogP) is 2.91. The Kier molecular flexibility index (Phi) is 6.23. The first-order valence-electron chi connectivity index (χ1n) is 7.33. The molecule has 0 bridgehead atoms. The van der Waals surface area contributed by atoms with Gasteiger partial charge in [0.05, 0.1) is 13.0 Å². The molecule has 5 heteroatoms. The number of rotatable bonds is 5. The lowest BCUT2D eigenvalue weighted by molar-refractivity contribution is -0.132. The van der Waals surface area contributed by atoms with E-state index in [2.05, 4.69) is 5.92 Å². The molecule has 1 aromatic carbocycles. The Bertz CT molecular complexity index is 542. The van der Waals surface area contributed by atoms with Crippen molar-refractivity contribution in [1.82, 2.24) is 4.90 Å². The lowest BCUT2D eigenvalue weighted by atomic mass is 9.97. The molecule has 0 unspecified atom stereocenters. The van der Waals surface area contributed by atoms with Gasteiger partial charge in [0, 0.05) is 23.7 Å². The van der Waals surface area contributed by atoms with Crippen molar-refractivity contribution in [1.29, 1.82) is 0 Å². The van der Waals surface area contributed by atoms with E-state index in [1.165, 1.54) is 12.1 Å². The van der Waals surface area contributed by atoms with Crippen molar-refractivity contribution in [3.05, 3.63) is 34.6 Å². The molecule has 0 aliphatic carbocycles. The molecule has 0 N–H and O–H groups in total. The summed E-state index contributed by atoms with van der Waals surface area (Å²) in [7, 11) is 0. The van der Waals surface area contributed by atoms with Crippen molar-refractivity contribution in [2.75, 3.05) is 26.3 Å². The summed E-state index contributed by atoms with van der Waals surface area (Å²) in [5, 5.41) is 0.297. The summed E-state index contributed by atoms with van der Waals surface area (Å²) in [6.45, 7) is 2.28. The zero-order valence-corrected chi connectivity index (χ0v) is 13.1. The summed E-state index contributed by atoms with van der Waals surface area (Å²) in [4.78, 5) is 14.0. The van der Waals surface area contributed by atoms with Crippen molar-refractivity contribution in [2.45, 2.75) is 19.3 Å². The van der Waals surface area contributed by atoms with Crippen molar-refractivity contribution in [3.8, 4) is 12.3 Å². The molecule has 1 aliphatic heterocycles. The zero-order chi connectivity index (χ0) is 15.9. The Labute approximate surface area is 135 Å². The van der Waals surface area contributed by atoms with E-state index in [0.29, 0.717) is 37.2 Å². The van der Waals surface area contributed by atoms with Crippen molar-refractivity contribution in [3.63, 3.8) is 0 Å². The summed E-state index contributed by atoms with van der Waals surface area (Å²) in [5.41, 5.74) is 0.272. The molecule has 118 valence electrons. The number of carbonyl (C=O) groups is 1. The molecular formula is C17H19ClFNO2. The molecule has 0 saturated carbocycles. The average molecular weight is 324 g/mol. The van der Waals surface area contributed by atoms with Crippen LogP contribution in [-0.2, 0) is 16.0 Å². The van der Waals surface area contributed by atoms with Crippen LogP contribution in [0.2, 0.25) is 5.02 Å². The number of piperidine rings is 1. The van der Waals surface area contributed by atoms with E-state index in [9.17, 15) is 9.18 Å². The Hall–Kier alpha value is -1.57. The molecule has 1 aliphatic rings. The fraction of sp³-hybridized carbons (Fsp3) is 0.471. The number of amides is 1. The second kappa shape index (κ2) is 8.17. The Morgan fingerprint density at radius 3 is 2.82 bits per heavy atom. The highest BCUT2D eigenvalue weighted by Crippen LogP contribution is 2.22. The van der Waals surface area contributed by atoms with Gasteiger partial charge >= 0.3 is 0 Å². The molecule has 0 radical (unpaired) electrons. The molecule has 1 amide bonds. The van der Waals surface area contributed by atoms with Crippen LogP contribution in [-0.4, -0.2) is 37.1 Å². The van der Waals surface area contributed by atoms with Gasteiger partial charge in [-0.2, -0.15) is 0 Å². The van der Waals surface area contributed by atoms with E-state index in [0.717, 1.165) is 12.8 Å². The third-order valence-electron chi connectivity index (χ3n) is 3.90. The second-order valence-corrected chi connectivity index (χ2v) is 5.83. The number of likely N-dealkylation sites (tertiary alicyclic amines) is 1. The molecule has 22 heavy (non-hydrogen) atoms. The van der Waals surface area contributed by atoms with E-state index >= 15 is 0 Å². The average Bonchev–Trinajstić information content (AvgIpc) is 2.52. The first kappa shape index (κ1) is 16.8. The first-order chi connectivity index (χ1) is 10.6. The second-order valence-electron chi connectivity index (χ2n) is 5.42. The summed E-state index contributed by atoms with van der Waals surface area (Å²) in [6.07, 6.45) is 6.89. The van der Waals surface area contributed by atoms with Crippen LogP contribution in [0.3, 0.4) is 0 Å². The van der Waals surface area contributed by atoms with Crippen LogP contribution < -0.4 is 0 Å². The highest BCUT2D eigenvalue weighted by atomic mass is 35.5. The number of nitrogens with zero attached hydrogens (tertiary/aromatic N) is 1. The molecule has 3 nitrogen and oxygen atoms in total. The van der Waals surface area contributed by atoms with Gasteiger partial charge in [0.15, 0.2) is 0 Å². The minimum Gasteiger partial charge on any atom is -0.369 e. The maximum absolute atomic E-state index is 13.7. The number of hydrogen-bond donors (Lipinski definition) is 0. The standard InChI is InChI=1S/C17H19ClFNO2/c1-2-10-22-12-13-6-8-20(9-7-13)17(21)11-14-15(18)4-3-5-16(14)19/h1,3-5,13H,6-12H2. The molecule has 1 aromatic rings. The zero-order valence-electron chi connectivity index (χ0n) is 12.4. The van der Waals surface area contributed by atoms with Crippen molar-refractivity contribution >= 4 is 17.5 Å². The smallest absolute Gasteiger partial charge is 0.227 e. The summed E-state index contributed by atoms with van der Waals surface area (Å²) in [5.74, 6) is 2.34. The van der Waals surface area contributed by atoms with Crippen LogP contribution in [0.5, 0.6) is 0 Å². The van der Waals surface area contributed by atoms with Gasteiger partial charge in [-0.15, -0.1) is 6.42 Å². The number of benzene rings is 1. The number of hydrogen-bond acceptors (Lipinski definition) is 2.